The van der Waals surface area contributed by atoms with Gasteiger partial charge in [0.25, 0.3) is 0 Å². The topological polar surface area (TPSA) is 22.1 Å². The molecule has 0 atom stereocenters. The van der Waals surface area contributed by atoms with Gasteiger partial charge in [0.2, 0.25) is 5.88 Å². The molecule has 6 heteroatoms. The van der Waals surface area contributed by atoms with E-state index in [1.807, 2.05) is 0 Å². The number of pyridine rings is 1. The Morgan fingerprint density at radius 3 is 2.58 bits per heavy atom. The SMILES string of the molecule is Cc1cc(-c2cccc(F)c2F)cnc1OC(F)F. The van der Waals surface area contributed by atoms with Gasteiger partial charge in [-0.15, -0.1) is 0 Å². The molecule has 0 bridgehead atoms. The van der Waals surface area contributed by atoms with Crippen molar-refractivity contribution in [2.75, 3.05) is 0 Å². The Balaban J connectivity index is 2.42. The van der Waals surface area contributed by atoms with Crippen LogP contribution in [0.1, 0.15) is 5.56 Å². The molecular weight excluding hydrogens is 262 g/mol. The smallest absolute Gasteiger partial charge is 0.388 e. The Bertz CT molecular complexity index is 601. The molecular formula is C13H9F4NO. The lowest BCUT2D eigenvalue weighted by molar-refractivity contribution is -0.0533. The van der Waals surface area contributed by atoms with E-state index in [1.165, 1.54) is 25.1 Å². The van der Waals surface area contributed by atoms with E-state index in [1.54, 1.807) is 0 Å². The summed E-state index contributed by atoms with van der Waals surface area (Å²) in [5.41, 5.74) is 0.608. The standard InChI is InChI=1S/C13H9F4NO/c1-7-5-8(6-18-12(7)19-13(16)17)9-3-2-4-10(14)11(9)15/h2-6,13H,1H3. The molecule has 0 unspecified atom stereocenters. The molecule has 2 aromatic rings. The highest BCUT2D eigenvalue weighted by atomic mass is 19.3. The lowest BCUT2D eigenvalue weighted by Gasteiger charge is -2.09. The van der Waals surface area contributed by atoms with Crippen LogP contribution in [0.15, 0.2) is 30.5 Å². The fraction of sp³-hybridized carbons (Fsp3) is 0.154. The van der Waals surface area contributed by atoms with E-state index >= 15 is 0 Å². The minimum absolute atomic E-state index is 0.0131. The Morgan fingerprint density at radius 1 is 1.21 bits per heavy atom. The van der Waals surface area contributed by atoms with Crippen LogP contribution in [0.5, 0.6) is 5.88 Å². The van der Waals surface area contributed by atoms with Gasteiger partial charge >= 0.3 is 6.61 Å². The van der Waals surface area contributed by atoms with Gasteiger partial charge in [0, 0.05) is 22.9 Å². The molecule has 0 aliphatic carbocycles. The minimum Gasteiger partial charge on any atom is -0.417 e. The van der Waals surface area contributed by atoms with Gasteiger partial charge in [-0.05, 0) is 19.1 Å². The monoisotopic (exact) mass is 271 g/mol. The van der Waals surface area contributed by atoms with E-state index in [0.717, 1.165) is 12.3 Å². The van der Waals surface area contributed by atoms with Crippen molar-refractivity contribution in [2.45, 2.75) is 13.5 Å². The van der Waals surface area contributed by atoms with E-state index in [0.29, 0.717) is 5.56 Å². The zero-order valence-corrected chi connectivity index (χ0v) is 9.83. The van der Waals surface area contributed by atoms with Crippen LogP contribution in [0.25, 0.3) is 11.1 Å². The van der Waals surface area contributed by atoms with Crippen molar-refractivity contribution in [3.05, 3.63) is 47.7 Å². The summed E-state index contributed by atoms with van der Waals surface area (Å²) < 4.78 is 55.0. The Morgan fingerprint density at radius 2 is 1.95 bits per heavy atom. The molecule has 0 spiro atoms. The van der Waals surface area contributed by atoms with Gasteiger partial charge in [0.1, 0.15) is 0 Å². The van der Waals surface area contributed by atoms with Crippen molar-refractivity contribution in [3.8, 4) is 17.0 Å². The van der Waals surface area contributed by atoms with Crippen molar-refractivity contribution in [1.29, 1.82) is 0 Å². The highest BCUT2D eigenvalue weighted by Crippen LogP contribution is 2.27. The van der Waals surface area contributed by atoms with E-state index in [-0.39, 0.29) is 17.0 Å². The molecule has 2 nitrogen and oxygen atoms in total. The lowest BCUT2D eigenvalue weighted by Crippen LogP contribution is -2.05. The second-order valence-corrected chi connectivity index (χ2v) is 3.83. The van der Waals surface area contributed by atoms with Crippen LogP contribution in [0.3, 0.4) is 0 Å². The van der Waals surface area contributed by atoms with Crippen molar-refractivity contribution in [1.82, 2.24) is 4.98 Å². The molecule has 0 aliphatic rings. The summed E-state index contributed by atoms with van der Waals surface area (Å²) in [6.07, 6.45) is 1.16. The van der Waals surface area contributed by atoms with E-state index in [4.69, 9.17) is 0 Å². The average molecular weight is 271 g/mol. The predicted octanol–water partition coefficient (Wildman–Crippen LogP) is 3.94. The van der Waals surface area contributed by atoms with Crippen LogP contribution in [0.4, 0.5) is 17.6 Å². The van der Waals surface area contributed by atoms with Crippen LogP contribution in [-0.4, -0.2) is 11.6 Å². The van der Waals surface area contributed by atoms with Gasteiger partial charge in [-0.1, -0.05) is 12.1 Å². The number of halogens is 4. The molecule has 100 valence electrons. The molecule has 0 radical (unpaired) electrons. The Hall–Kier alpha value is -2.11. The van der Waals surface area contributed by atoms with E-state index < -0.39 is 18.2 Å². The third-order valence-electron chi connectivity index (χ3n) is 2.49. The highest BCUT2D eigenvalue weighted by Gasteiger charge is 2.13. The first-order chi connectivity index (χ1) is 8.99. The van der Waals surface area contributed by atoms with Crippen molar-refractivity contribution < 1.29 is 22.3 Å². The molecule has 1 aromatic carbocycles. The highest BCUT2D eigenvalue weighted by molar-refractivity contribution is 5.64. The summed E-state index contributed by atoms with van der Waals surface area (Å²) in [4.78, 5) is 3.67. The van der Waals surface area contributed by atoms with E-state index in [2.05, 4.69) is 9.72 Å². The van der Waals surface area contributed by atoms with E-state index in [9.17, 15) is 17.6 Å². The number of benzene rings is 1. The number of aryl methyl sites for hydroxylation is 1. The molecule has 0 saturated carbocycles. The van der Waals surface area contributed by atoms with Gasteiger partial charge in [-0.25, -0.2) is 13.8 Å². The van der Waals surface area contributed by atoms with Gasteiger partial charge < -0.3 is 4.74 Å². The maximum atomic E-state index is 13.6. The van der Waals surface area contributed by atoms with Gasteiger partial charge in [0.05, 0.1) is 0 Å². The third kappa shape index (κ3) is 2.83. The molecule has 1 aromatic heterocycles. The number of nitrogens with zero attached hydrogens (tertiary/aromatic N) is 1. The maximum absolute atomic E-state index is 13.6. The molecule has 0 fully saturated rings. The first-order valence-corrected chi connectivity index (χ1v) is 5.35. The molecule has 0 N–H and O–H groups in total. The lowest BCUT2D eigenvalue weighted by atomic mass is 10.1. The first kappa shape index (κ1) is 13.3. The second-order valence-electron chi connectivity index (χ2n) is 3.83. The van der Waals surface area contributed by atoms with Gasteiger partial charge in [0.15, 0.2) is 11.6 Å². The summed E-state index contributed by atoms with van der Waals surface area (Å²) in [5.74, 6) is -2.23. The summed E-state index contributed by atoms with van der Waals surface area (Å²) in [5, 5.41) is 0. The van der Waals surface area contributed by atoms with Crippen LogP contribution in [0, 0.1) is 18.6 Å². The Labute approximate surface area is 106 Å². The van der Waals surface area contributed by atoms with Crippen molar-refractivity contribution in [3.63, 3.8) is 0 Å². The van der Waals surface area contributed by atoms with Gasteiger partial charge in [-0.2, -0.15) is 8.78 Å². The molecule has 0 amide bonds. The summed E-state index contributed by atoms with van der Waals surface area (Å²) in [6.45, 7) is -1.49. The number of rotatable bonds is 3. The second kappa shape index (κ2) is 5.26. The number of hydrogen-bond acceptors (Lipinski definition) is 2. The average Bonchev–Trinajstić information content (AvgIpc) is 2.35. The van der Waals surface area contributed by atoms with Crippen LogP contribution < -0.4 is 4.74 Å². The Kier molecular flexibility index (Phi) is 3.69. The molecule has 0 saturated heterocycles. The first-order valence-electron chi connectivity index (χ1n) is 5.35. The summed E-state index contributed by atoms with van der Waals surface area (Å²) >= 11 is 0. The number of alkyl halides is 2. The molecule has 1 heterocycles. The van der Waals surface area contributed by atoms with Crippen LogP contribution in [-0.2, 0) is 0 Å². The van der Waals surface area contributed by atoms with Crippen molar-refractivity contribution >= 4 is 0 Å². The number of aromatic nitrogens is 1. The normalized spacial score (nSPS) is 10.8. The maximum Gasteiger partial charge on any atom is 0.388 e. The quantitative estimate of drug-likeness (QED) is 0.789. The fourth-order valence-electron chi connectivity index (χ4n) is 1.64. The predicted molar refractivity (Wildman–Crippen MR) is 61.0 cm³/mol. The van der Waals surface area contributed by atoms with Crippen LogP contribution >= 0.6 is 0 Å². The molecule has 2 rings (SSSR count). The van der Waals surface area contributed by atoms with Crippen LogP contribution in [0.2, 0.25) is 0 Å². The largest absolute Gasteiger partial charge is 0.417 e. The summed E-state index contributed by atoms with van der Waals surface area (Å²) in [7, 11) is 0. The third-order valence-corrected chi connectivity index (χ3v) is 2.49. The number of hydrogen-bond donors (Lipinski definition) is 0. The molecule has 19 heavy (non-hydrogen) atoms. The fourth-order valence-corrected chi connectivity index (χ4v) is 1.64. The van der Waals surface area contributed by atoms with Crippen molar-refractivity contribution in [2.24, 2.45) is 0 Å². The molecule has 0 aliphatic heterocycles. The zero-order valence-electron chi connectivity index (χ0n) is 9.83. The zero-order chi connectivity index (χ0) is 14.0. The summed E-state index contributed by atoms with van der Waals surface area (Å²) in [6, 6.07) is 5.13. The number of ether oxygens (including phenoxy) is 1. The van der Waals surface area contributed by atoms with Gasteiger partial charge in [-0.3, -0.25) is 0 Å². The minimum atomic E-state index is -2.98.